The highest BCUT2D eigenvalue weighted by molar-refractivity contribution is 5.79. The van der Waals surface area contributed by atoms with E-state index < -0.39 is 24.1 Å². The van der Waals surface area contributed by atoms with Gasteiger partial charge in [-0.25, -0.2) is 4.79 Å². The second-order valence-corrected chi connectivity index (χ2v) is 7.13. The molecule has 1 fully saturated rings. The molecule has 0 spiro atoms. The second-order valence-electron chi connectivity index (χ2n) is 7.13. The average Bonchev–Trinajstić information content (AvgIpc) is 3.18. The molecule has 0 saturated carbocycles. The quantitative estimate of drug-likeness (QED) is 0.868. The van der Waals surface area contributed by atoms with Crippen LogP contribution in [0, 0.1) is 5.92 Å². The molecule has 0 bridgehead atoms. The number of aliphatic carboxylic acids is 1. The van der Waals surface area contributed by atoms with Crippen molar-refractivity contribution in [3.8, 4) is 11.1 Å². The minimum atomic E-state index is -0.978. The average molecular weight is 367 g/mol. The van der Waals surface area contributed by atoms with E-state index in [4.69, 9.17) is 9.84 Å². The maximum absolute atomic E-state index is 12.4. The normalized spacial score (nSPS) is 21.0. The lowest BCUT2D eigenvalue weighted by Crippen LogP contribution is -2.31. The summed E-state index contributed by atoms with van der Waals surface area (Å²) >= 11 is 0. The number of hydrogen-bond donors (Lipinski definition) is 2. The molecule has 1 amide bonds. The molecule has 4 rings (SSSR count). The monoisotopic (exact) mass is 367 g/mol. The van der Waals surface area contributed by atoms with Crippen molar-refractivity contribution >= 4 is 12.1 Å². The molecule has 0 aromatic heterocycles. The first-order valence-corrected chi connectivity index (χ1v) is 9.04. The molecule has 1 heterocycles. The van der Waals surface area contributed by atoms with Crippen molar-refractivity contribution in [1.29, 1.82) is 0 Å². The van der Waals surface area contributed by atoms with Gasteiger partial charge in [0.15, 0.2) is 0 Å². The highest BCUT2D eigenvalue weighted by Crippen LogP contribution is 2.44. The van der Waals surface area contributed by atoms with Gasteiger partial charge in [-0.15, -0.1) is 0 Å². The van der Waals surface area contributed by atoms with E-state index in [1.807, 2.05) is 24.3 Å². The number of nitrogens with zero attached hydrogens (tertiary/aromatic N) is 1. The van der Waals surface area contributed by atoms with E-state index in [0.29, 0.717) is 0 Å². The molecule has 2 atom stereocenters. The number of carboxylic acid groups (broad SMARTS) is 1. The van der Waals surface area contributed by atoms with Crippen molar-refractivity contribution in [3.63, 3.8) is 0 Å². The van der Waals surface area contributed by atoms with E-state index in [1.165, 1.54) is 4.90 Å². The van der Waals surface area contributed by atoms with Gasteiger partial charge in [-0.2, -0.15) is 0 Å². The summed E-state index contributed by atoms with van der Waals surface area (Å²) < 4.78 is 5.55. The van der Waals surface area contributed by atoms with Crippen LogP contribution in [-0.2, 0) is 9.53 Å². The van der Waals surface area contributed by atoms with Crippen molar-refractivity contribution in [2.45, 2.75) is 18.4 Å². The van der Waals surface area contributed by atoms with Gasteiger partial charge in [0.05, 0.1) is 19.1 Å². The zero-order valence-corrected chi connectivity index (χ0v) is 14.7. The summed E-state index contributed by atoms with van der Waals surface area (Å²) in [5.74, 6) is -1.46. The molecule has 6 heteroatoms. The molecule has 2 aliphatic rings. The first kappa shape index (κ1) is 17.5. The zero-order chi connectivity index (χ0) is 19.0. The molecule has 27 heavy (non-hydrogen) atoms. The topological polar surface area (TPSA) is 87.1 Å². The van der Waals surface area contributed by atoms with Gasteiger partial charge >= 0.3 is 12.1 Å². The minimum Gasteiger partial charge on any atom is -0.481 e. The lowest BCUT2D eigenvalue weighted by atomic mass is 9.98. The van der Waals surface area contributed by atoms with Crippen LogP contribution in [0.15, 0.2) is 48.5 Å². The van der Waals surface area contributed by atoms with Crippen LogP contribution in [0.2, 0.25) is 0 Å². The van der Waals surface area contributed by atoms with Crippen LogP contribution in [0.3, 0.4) is 0 Å². The maximum Gasteiger partial charge on any atom is 0.409 e. The summed E-state index contributed by atoms with van der Waals surface area (Å²) in [6.45, 7) is 0.516. The number of carbonyl (C=O) groups is 2. The van der Waals surface area contributed by atoms with E-state index in [-0.39, 0.29) is 32.0 Å². The van der Waals surface area contributed by atoms with Gasteiger partial charge in [0.2, 0.25) is 0 Å². The maximum atomic E-state index is 12.4. The number of carbonyl (C=O) groups excluding carboxylic acids is 1. The third-order valence-electron chi connectivity index (χ3n) is 5.44. The number of hydrogen-bond acceptors (Lipinski definition) is 4. The van der Waals surface area contributed by atoms with Crippen LogP contribution >= 0.6 is 0 Å². The van der Waals surface area contributed by atoms with Crippen molar-refractivity contribution in [3.05, 3.63) is 59.7 Å². The van der Waals surface area contributed by atoms with Crippen LogP contribution in [-0.4, -0.2) is 53.0 Å². The van der Waals surface area contributed by atoms with Crippen LogP contribution in [0.25, 0.3) is 11.1 Å². The molecular weight excluding hydrogens is 346 g/mol. The highest BCUT2D eigenvalue weighted by Gasteiger charge is 2.37. The van der Waals surface area contributed by atoms with Gasteiger partial charge in [-0.05, 0) is 22.3 Å². The number of carboxylic acids is 1. The molecule has 2 aromatic carbocycles. The Labute approximate surface area is 157 Å². The van der Waals surface area contributed by atoms with Crippen molar-refractivity contribution in [2.75, 3.05) is 19.7 Å². The number of ether oxygens (including phenoxy) is 1. The van der Waals surface area contributed by atoms with Crippen LogP contribution in [0.5, 0.6) is 0 Å². The molecule has 1 aliphatic carbocycles. The molecule has 140 valence electrons. The Bertz CT molecular complexity index is 835. The van der Waals surface area contributed by atoms with Crippen molar-refractivity contribution in [1.82, 2.24) is 4.90 Å². The number of aliphatic hydroxyl groups is 1. The standard InChI is InChI=1S/C21H21NO5/c23-19-11-22(10-13(19)9-20(24)25)21(26)27-12-18-16-7-3-1-5-14(16)15-6-2-4-8-17(15)18/h1-8,13,18-19,23H,9-12H2,(H,24,25). The lowest BCUT2D eigenvalue weighted by Gasteiger charge is -2.19. The van der Waals surface area contributed by atoms with Crippen molar-refractivity contribution in [2.24, 2.45) is 5.92 Å². The molecule has 1 aliphatic heterocycles. The molecule has 1 saturated heterocycles. The number of rotatable bonds is 4. The Balaban J connectivity index is 1.45. The number of aliphatic hydroxyl groups excluding tert-OH is 1. The predicted octanol–water partition coefficient (Wildman–Crippen LogP) is 2.70. The second kappa shape index (κ2) is 7.04. The number of benzene rings is 2. The van der Waals surface area contributed by atoms with E-state index in [2.05, 4.69) is 24.3 Å². The zero-order valence-electron chi connectivity index (χ0n) is 14.7. The van der Waals surface area contributed by atoms with Crippen LogP contribution in [0.4, 0.5) is 4.79 Å². The number of amides is 1. The Hall–Kier alpha value is -2.86. The first-order chi connectivity index (χ1) is 13.0. The van der Waals surface area contributed by atoms with E-state index in [1.54, 1.807) is 0 Å². The lowest BCUT2D eigenvalue weighted by molar-refractivity contribution is -0.138. The molecular formula is C21H21NO5. The van der Waals surface area contributed by atoms with Crippen LogP contribution in [0.1, 0.15) is 23.5 Å². The summed E-state index contributed by atoms with van der Waals surface area (Å²) in [4.78, 5) is 24.7. The largest absolute Gasteiger partial charge is 0.481 e. The summed E-state index contributed by atoms with van der Waals surface area (Å²) in [6.07, 6.45) is -1.50. The molecule has 2 unspecified atom stereocenters. The molecule has 0 radical (unpaired) electrons. The third kappa shape index (κ3) is 3.28. The molecule has 2 aromatic rings. The van der Waals surface area contributed by atoms with Gasteiger partial charge in [-0.3, -0.25) is 4.79 Å². The fourth-order valence-corrected chi connectivity index (χ4v) is 4.11. The first-order valence-electron chi connectivity index (χ1n) is 9.04. The fourth-order valence-electron chi connectivity index (χ4n) is 4.11. The number of β-amino-alcohol motifs (C(OH)–C–C–N with tert-alkyl or cyclic N) is 1. The Morgan fingerprint density at radius 1 is 1.00 bits per heavy atom. The SMILES string of the molecule is O=C(O)CC1CN(C(=O)OCC2c3ccccc3-c3ccccc32)CC1O. The number of likely N-dealkylation sites (tertiary alicyclic amines) is 1. The van der Waals surface area contributed by atoms with Crippen molar-refractivity contribution < 1.29 is 24.5 Å². The predicted molar refractivity (Wildman–Crippen MR) is 98.4 cm³/mol. The summed E-state index contributed by atoms with van der Waals surface area (Å²) in [6, 6.07) is 16.2. The Kier molecular flexibility index (Phi) is 4.58. The highest BCUT2D eigenvalue weighted by atomic mass is 16.6. The van der Waals surface area contributed by atoms with E-state index >= 15 is 0 Å². The third-order valence-corrected chi connectivity index (χ3v) is 5.44. The fraction of sp³-hybridized carbons (Fsp3) is 0.333. The van der Waals surface area contributed by atoms with Gasteiger partial charge < -0.3 is 19.8 Å². The smallest absolute Gasteiger partial charge is 0.409 e. The van der Waals surface area contributed by atoms with E-state index in [0.717, 1.165) is 22.3 Å². The van der Waals surface area contributed by atoms with Gasteiger partial charge in [-0.1, -0.05) is 48.5 Å². The number of fused-ring (bicyclic) bond motifs is 3. The van der Waals surface area contributed by atoms with E-state index in [9.17, 15) is 14.7 Å². The Morgan fingerprint density at radius 2 is 1.59 bits per heavy atom. The summed E-state index contributed by atoms with van der Waals surface area (Å²) in [7, 11) is 0. The molecule has 6 nitrogen and oxygen atoms in total. The van der Waals surface area contributed by atoms with Gasteiger partial charge in [0, 0.05) is 18.4 Å². The van der Waals surface area contributed by atoms with Gasteiger partial charge in [0.25, 0.3) is 0 Å². The Morgan fingerprint density at radius 3 is 2.19 bits per heavy atom. The summed E-state index contributed by atoms with van der Waals surface area (Å²) in [5, 5.41) is 18.9. The summed E-state index contributed by atoms with van der Waals surface area (Å²) in [5.41, 5.74) is 4.59. The molecule has 2 N–H and O–H groups in total. The van der Waals surface area contributed by atoms with Gasteiger partial charge in [0.1, 0.15) is 6.61 Å². The minimum absolute atomic E-state index is 0.0244. The van der Waals surface area contributed by atoms with Crippen LogP contribution < -0.4 is 0 Å².